The quantitative estimate of drug-likeness (QED) is 0.508. The van der Waals surface area contributed by atoms with Crippen LogP contribution in [0.3, 0.4) is 0 Å². The Morgan fingerprint density at radius 3 is 2.39 bits per heavy atom. The van der Waals surface area contributed by atoms with E-state index in [0.717, 1.165) is 0 Å². The van der Waals surface area contributed by atoms with Crippen LogP contribution in [-0.2, 0) is 0 Å². The Bertz CT molecular complexity index is 827. The highest BCUT2D eigenvalue weighted by atomic mass is 19.4. The van der Waals surface area contributed by atoms with Crippen molar-refractivity contribution in [3.63, 3.8) is 0 Å². The van der Waals surface area contributed by atoms with Crippen LogP contribution in [0.25, 0.3) is 12.2 Å². The van der Waals surface area contributed by atoms with Crippen molar-refractivity contribution in [3.8, 4) is 11.5 Å². The first kappa shape index (κ1) is 21.5. The van der Waals surface area contributed by atoms with E-state index in [1.54, 1.807) is 37.3 Å². The summed E-state index contributed by atoms with van der Waals surface area (Å²) in [5, 5.41) is 9.10. The fourth-order valence-electron chi connectivity index (χ4n) is 2.50. The predicted octanol–water partition coefficient (Wildman–Crippen LogP) is 4.97. The molecule has 0 saturated heterocycles. The van der Waals surface area contributed by atoms with E-state index in [4.69, 9.17) is 9.84 Å². The van der Waals surface area contributed by atoms with E-state index in [2.05, 4.69) is 4.74 Å². The largest absolute Gasteiger partial charge is 0.573 e. The van der Waals surface area contributed by atoms with Crippen LogP contribution in [0.2, 0.25) is 0 Å². The highest BCUT2D eigenvalue weighted by Gasteiger charge is 2.30. The summed E-state index contributed by atoms with van der Waals surface area (Å²) in [7, 11) is 1.51. The van der Waals surface area contributed by atoms with Crippen molar-refractivity contribution in [2.24, 2.45) is 5.92 Å². The van der Waals surface area contributed by atoms with Gasteiger partial charge in [0.05, 0.1) is 7.11 Å². The number of halogens is 3. The summed E-state index contributed by atoms with van der Waals surface area (Å²) in [5.74, 6) is 0.0337. The molecule has 2 rings (SSSR count). The molecule has 0 spiro atoms. The van der Waals surface area contributed by atoms with Crippen LogP contribution in [0, 0.1) is 5.92 Å². The van der Waals surface area contributed by atoms with Crippen LogP contribution in [-0.4, -0.2) is 31.0 Å². The van der Waals surface area contributed by atoms with Gasteiger partial charge in [0, 0.05) is 24.2 Å². The average molecular weight is 394 g/mol. The molecule has 0 saturated carbocycles. The first-order chi connectivity index (χ1) is 13.2. The number of carbonyl (C=O) groups is 1. The lowest BCUT2D eigenvalue weighted by molar-refractivity contribution is -0.274. The smallest absolute Gasteiger partial charge is 0.496 e. The topological polar surface area (TPSA) is 55.8 Å². The minimum atomic E-state index is -4.73. The molecule has 0 radical (unpaired) electrons. The molecule has 0 aliphatic heterocycles. The number of ether oxygens (including phenoxy) is 2. The Kier molecular flexibility index (Phi) is 7.23. The zero-order valence-electron chi connectivity index (χ0n) is 15.5. The number of benzene rings is 2. The van der Waals surface area contributed by atoms with Crippen LogP contribution in [0.5, 0.6) is 11.5 Å². The van der Waals surface area contributed by atoms with Gasteiger partial charge >= 0.3 is 6.36 Å². The van der Waals surface area contributed by atoms with E-state index >= 15 is 0 Å². The summed E-state index contributed by atoms with van der Waals surface area (Å²) in [6, 6.07) is 10.4. The standard InChI is InChI=1S/C21H21F3O4/c1-14(13-25)11-19(26)16-7-10-20(27-2)17(12-16)6-3-15-4-8-18(9-5-15)28-21(22,23)24/h3-10,12,14,25H,11,13H2,1-2H3/b6-3+. The molecule has 2 aromatic carbocycles. The molecule has 0 aromatic heterocycles. The van der Waals surface area contributed by atoms with Crippen molar-refractivity contribution in [3.05, 3.63) is 59.2 Å². The van der Waals surface area contributed by atoms with Gasteiger partial charge in [0.15, 0.2) is 5.78 Å². The van der Waals surface area contributed by atoms with Gasteiger partial charge in [0.1, 0.15) is 11.5 Å². The van der Waals surface area contributed by atoms with E-state index in [9.17, 15) is 18.0 Å². The molecule has 0 aliphatic carbocycles. The molecule has 1 atom stereocenters. The van der Waals surface area contributed by atoms with Crippen molar-refractivity contribution in [1.82, 2.24) is 0 Å². The molecular formula is C21H21F3O4. The molecule has 2 aromatic rings. The Balaban J connectivity index is 2.19. The molecule has 0 fully saturated rings. The van der Waals surface area contributed by atoms with E-state index in [1.165, 1.54) is 31.4 Å². The first-order valence-corrected chi connectivity index (χ1v) is 8.58. The molecular weight excluding hydrogens is 373 g/mol. The molecule has 0 amide bonds. The summed E-state index contributed by atoms with van der Waals surface area (Å²) in [6.45, 7) is 1.72. The van der Waals surface area contributed by atoms with Crippen LogP contribution < -0.4 is 9.47 Å². The van der Waals surface area contributed by atoms with Gasteiger partial charge in [-0.2, -0.15) is 0 Å². The average Bonchev–Trinajstić information content (AvgIpc) is 2.65. The second-order valence-electron chi connectivity index (χ2n) is 6.32. The second-order valence-corrected chi connectivity index (χ2v) is 6.32. The molecule has 7 heteroatoms. The maximum absolute atomic E-state index is 12.3. The summed E-state index contributed by atoms with van der Waals surface area (Å²) in [6.07, 6.45) is -1.09. The molecule has 0 aliphatic rings. The second kappa shape index (κ2) is 9.41. The normalized spacial score (nSPS) is 12.8. The monoisotopic (exact) mass is 394 g/mol. The number of carbonyl (C=O) groups excluding carboxylic acids is 1. The molecule has 4 nitrogen and oxygen atoms in total. The SMILES string of the molecule is COc1ccc(C(=O)CC(C)CO)cc1/C=C/c1ccc(OC(F)(F)F)cc1. The Labute approximate surface area is 161 Å². The number of aliphatic hydroxyl groups is 1. The van der Waals surface area contributed by atoms with Gasteiger partial charge in [0.2, 0.25) is 0 Å². The third kappa shape index (κ3) is 6.42. The predicted molar refractivity (Wildman–Crippen MR) is 100 cm³/mol. The summed E-state index contributed by atoms with van der Waals surface area (Å²) < 4.78 is 45.8. The number of methoxy groups -OCH3 is 1. The van der Waals surface area contributed by atoms with E-state index in [0.29, 0.717) is 22.4 Å². The number of ketones is 1. The summed E-state index contributed by atoms with van der Waals surface area (Å²) in [5.41, 5.74) is 1.80. The van der Waals surface area contributed by atoms with E-state index in [-0.39, 0.29) is 30.5 Å². The number of alkyl halides is 3. The lowest BCUT2D eigenvalue weighted by atomic mass is 9.98. The fourth-order valence-corrected chi connectivity index (χ4v) is 2.50. The lowest BCUT2D eigenvalue weighted by Gasteiger charge is -2.10. The number of aliphatic hydroxyl groups excluding tert-OH is 1. The molecule has 0 bridgehead atoms. The highest BCUT2D eigenvalue weighted by Crippen LogP contribution is 2.26. The van der Waals surface area contributed by atoms with Crippen LogP contribution in [0.1, 0.15) is 34.8 Å². The van der Waals surface area contributed by atoms with Crippen LogP contribution in [0.15, 0.2) is 42.5 Å². The number of rotatable bonds is 8. The highest BCUT2D eigenvalue weighted by molar-refractivity contribution is 5.97. The van der Waals surface area contributed by atoms with Gasteiger partial charge in [-0.15, -0.1) is 13.2 Å². The Hall–Kier alpha value is -2.80. The number of Topliss-reactive ketones (excluding diaryl/α,β-unsaturated/α-hetero) is 1. The van der Waals surface area contributed by atoms with Crippen molar-refractivity contribution >= 4 is 17.9 Å². The van der Waals surface area contributed by atoms with E-state index in [1.807, 2.05) is 0 Å². The van der Waals surface area contributed by atoms with Gasteiger partial charge in [-0.3, -0.25) is 4.79 Å². The van der Waals surface area contributed by atoms with E-state index < -0.39 is 6.36 Å². The van der Waals surface area contributed by atoms with Gasteiger partial charge < -0.3 is 14.6 Å². The first-order valence-electron chi connectivity index (χ1n) is 8.58. The third-order valence-corrected chi connectivity index (χ3v) is 3.97. The third-order valence-electron chi connectivity index (χ3n) is 3.97. The molecule has 1 unspecified atom stereocenters. The minimum absolute atomic E-state index is 0.0668. The van der Waals surface area contributed by atoms with Crippen molar-refractivity contribution in [2.45, 2.75) is 19.7 Å². The maximum atomic E-state index is 12.3. The van der Waals surface area contributed by atoms with Gasteiger partial charge in [0.25, 0.3) is 0 Å². The molecule has 0 heterocycles. The fraction of sp³-hybridized carbons (Fsp3) is 0.286. The summed E-state index contributed by atoms with van der Waals surface area (Å²) in [4.78, 5) is 12.3. The minimum Gasteiger partial charge on any atom is -0.496 e. The maximum Gasteiger partial charge on any atom is 0.573 e. The molecule has 28 heavy (non-hydrogen) atoms. The van der Waals surface area contributed by atoms with Crippen LogP contribution in [0.4, 0.5) is 13.2 Å². The zero-order valence-corrected chi connectivity index (χ0v) is 15.5. The van der Waals surface area contributed by atoms with Gasteiger partial charge in [-0.1, -0.05) is 31.2 Å². The zero-order chi connectivity index (χ0) is 20.7. The van der Waals surface area contributed by atoms with Crippen LogP contribution >= 0.6 is 0 Å². The van der Waals surface area contributed by atoms with Crippen molar-refractivity contribution in [2.75, 3.05) is 13.7 Å². The molecule has 150 valence electrons. The van der Waals surface area contributed by atoms with Gasteiger partial charge in [-0.05, 0) is 41.8 Å². The lowest BCUT2D eigenvalue weighted by Crippen LogP contribution is -2.16. The Morgan fingerprint density at radius 2 is 1.82 bits per heavy atom. The number of hydrogen-bond donors (Lipinski definition) is 1. The summed E-state index contributed by atoms with van der Waals surface area (Å²) >= 11 is 0. The Morgan fingerprint density at radius 1 is 1.14 bits per heavy atom. The number of hydrogen-bond acceptors (Lipinski definition) is 4. The molecule has 1 N–H and O–H groups in total. The van der Waals surface area contributed by atoms with Crippen molar-refractivity contribution < 1.29 is 32.5 Å². The van der Waals surface area contributed by atoms with Crippen molar-refractivity contribution in [1.29, 1.82) is 0 Å². The van der Waals surface area contributed by atoms with Gasteiger partial charge in [-0.25, -0.2) is 0 Å².